The molecule has 6 heteroatoms. The maximum Gasteiger partial charge on any atom is 0.224 e. The fourth-order valence-electron chi connectivity index (χ4n) is 3.42. The zero-order valence-corrected chi connectivity index (χ0v) is 13.7. The number of hydrogen-bond acceptors (Lipinski definition) is 2. The molecule has 1 aromatic rings. The number of halogens is 3. The molecule has 2 N–H and O–H groups in total. The first-order valence-electron chi connectivity index (χ1n) is 7.21. The number of carbonyl (C=O) groups is 1. The minimum Gasteiger partial charge on any atom is -0.325 e. The lowest BCUT2D eigenvalue weighted by molar-refractivity contribution is -0.117. The van der Waals surface area contributed by atoms with Gasteiger partial charge in [0.1, 0.15) is 0 Å². The SMILES string of the molecule is O=C(CC1CC2CCC(C1)N2)Nc1cc(Cl)c(Cl)cc1Cl. The summed E-state index contributed by atoms with van der Waals surface area (Å²) in [5.74, 6) is 0.437. The summed E-state index contributed by atoms with van der Waals surface area (Å²) in [4.78, 5) is 12.2. The lowest BCUT2D eigenvalue weighted by atomic mass is 9.89. The third kappa shape index (κ3) is 3.65. The number of benzene rings is 1. The van der Waals surface area contributed by atoms with E-state index in [2.05, 4.69) is 10.6 Å². The van der Waals surface area contributed by atoms with Crippen molar-refractivity contribution >= 4 is 46.4 Å². The Hall–Kier alpha value is -0.480. The van der Waals surface area contributed by atoms with Crippen molar-refractivity contribution in [3.8, 4) is 0 Å². The molecule has 3 nitrogen and oxygen atoms in total. The molecule has 1 amide bonds. The highest BCUT2D eigenvalue weighted by atomic mass is 35.5. The minimum atomic E-state index is -0.0124. The van der Waals surface area contributed by atoms with Crippen LogP contribution in [0.5, 0.6) is 0 Å². The second-order valence-electron chi connectivity index (χ2n) is 5.97. The summed E-state index contributed by atoms with van der Waals surface area (Å²) in [6, 6.07) is 4.33. The predicted octanol–water partition coefficient (Wildman–Crippen LogP) is 4.51. The molecule has 0 radical (unpaired) electrons. The number of hydrogen-bond donors (Lipinski definition) is 2. The molecule has 2 saturated heterocycles. The van der Waals surface area contributed by atoms with Crippen LogP contribution in [0.15, 0.2) is 12.1 Å². The fourth-order valence-corrected chi connectivity index (χ4v) is 4.02. The van der Waals surface area contributed by atoms with Gasteiger partial charge in [0, 0.05) is 18.5 Å². The van der Waals surface area contributed by atoms with Crippen LogP contribution in [0.4, 0.5) is 5.69 Å². The van der Waals surface area contributed by atoms with E-state index in [-0.39, 0.29) is 5.91 Å². The number of fused-ring (bicyclic) bond motifs is 2. The number of nitrogens with one attached hydrogen (secondary N) is 2. The van der Waals surface area contributed by atoms with Gasteiger partial charge < -0.3 is 10.6 Å². The molecule has 2 aliphatic rings. The average molecular weight is 348 g/mol. The van der Waals surface area contributed by atoms with Crippen molar-refractivity contribution < 1.29 is 4.79 Å². The molecule has 2 aliphatic heterocycles. The molecule has 2 bridgehead atoms. The Kier molecular flexibility index (Phi) is 4.65. The first-order valence-corrected chi connectivity index (χ1v) is 8.35. The number of piperidine rings is 1. The highest BCUT2D eigenvalue weighted by Crippen LogP contribution is 2.34. The Morgan fingerprint density at radius 1 is 1.10 bits per heavy atom. The second kappa shape index (κ2) is 6.33. The zero-order valence-electron chi connectivity index (χ0n) is 11.5. The summed E-state index contributed by atoms with van der Waals surface area (Å²) < 4.78 is 0. The molecule has 114 valence electrons. The zero-order chi connectivity index (χ0) is 15.0. The van der Waals surface area contributed by atoms with Crippen LogP contribution in [-0.4, -0.2) is 18.0 Å². The molecule has 3 rings (SSSR count). The quantitative estimate of drug-likeness (QED) is 0.790. The van der Waals surface area contributed by atoms with Gasteiger partial charge in [0.25, 0.3) is 0 Å². The Balaban J connectivity index is 1.60. The maximum atomic E-state index is 12.2. The van der Waals surface area contributed by atoms with Crippen molar-refractivity contribution in [2.24, 2.45) is 5.92 Å². The van der Waals surface area contributed by atoms with Gasteiger partial charge >= 0.3 is 0 Å². The topological polar surface area (TPSA) is 41.1 Å². The molecule has 1 aromatic carbocycles. The predicted molar refractivity (Wildman–Crippen MR) is 87.4 cm³/mol. The van der Waals surface area contributed by atoms with E-state index >= 15 is 0 Å². The van der Waals surface area contributed by atoms with E-state index in [0.29, 0.717) is 45.2 Å². The summed E-state index contributed by atoms with van der Waals surface area (Å²) >= 11 is 17.9. The molecule has 21 heavy (non-hydrogen) atoms. The summed E-state index contributed by atoms with van der Waals surface area (Å²) in [6.45, 7) is 0. The van der Waals surface area contributed by atoms with Gasteiger partial charge in [0.2, 0.25) is 5.91 Å². The molecule has 0 aliphatic carbocycles. The Labute approximate surface area is 139 Å². The van der Waals surface area contributed by atoms with E-state index in [4.69, 9.17) is 34.8 Å². The van der Waals surface area contributed by atoms with E-state index < -0.39 is 0 Å². The average Bonchev–Trinajstić information content (AvgIpc) is 2.75. The van der Waals surface area contributed by atoms with E-state index in [0.717, 1.165) is 12.8 Å². The van der Waals surface area contributed by atoms with Crippen LogP contribution in [0.2, 0.25) is 15.1 Å². The standard InChI is InChI=1S/C15H17Cl3N2O/c16-11-6-13(18)14(7-12(11)17)20-15(21)5-8-3-9-1-2-10(4-8)19-9/h6-10,19H,1-5H2,(H,20,21). The summed E-state index contributed by atoms with van der Waals surface area (Å²) in [7, 11) is 0. The highest BCUT2D eigenvalue weighted by molar-refractivity contribution is 6.44. The number of rotatable bonds is 3. The second-order valence-corrected chi connectivity index (χ2v) is 7.20. The van der Waals surface area contributed by atoms with Crippen LogP contribution >= 0.6 is 34.8 Å². The fraction of sp³-hybridized carbons (Fsp3) is 0.533. The van der Waals surface area contributed by atoms with Gasteiger partial charge in [-0.25, -0.2) is 0 Å². The smallest absolute Gasteiger partial charge is 0.224 e. The number of amides is 1. The first kappa shape index (κ1) is 15.4. The molecular formula is C15H17Cl3N2O. The molecule has 2 atom stereocenters. The number of carbonyl (C=O) groups excluding carboxylic acids is 1. The maximum absolute atomic E-state index is 12.2. The number of anilines is 1. The third-order valence-corrected chi connectivity index (χ3v) is 5.36. The molecule has 0 spiro atoms. The van der Waals surface area contributed by atoms with Gasteiger partial charge in [0.05, 0.1) is 20.8 Å². The van der Waals surface area contributed by atoms with Crippen molar-refractivity contribution in [1.29, 1.82) is 0 Å². The third-order valence-electron chi connectivity index (χ3n) is 4.33. The van der Waals surface area contributed by atoms with Crippen LogP contribution < -0.4 is 10.6 Å². The van der Waals surface area contributed by atoms with E-state index in [1.54, 1.807) is 12.1 Å². The van der Waals surface area contributed by atoms with Gasteiger partial charge in [-0.1, -0.05) is 34.8 Å². The van der Waals surface area contributed by atoms with Gasteiger partial charge in [-0.2, -0.15) is 0 Å². The van der Waals surface area contributed by atoms with Crippen LogP contribution in [-0.2, 0) is 4.79 Å². The first-order chi connectivity index (χ1) is 10.0. The summed E-state index contributed by atoms with van der Waals surface area (Å²) in [5.41, 5.74) is 0.521. The molecule has 0 aromatic heterocycles. The largest absolute Gasteiger partial charge is 0.325 e. The van der Waals surface area contributed by atoms with Crippen LogP contribution in [0.25, 0.3) is 0 Å². The molecule has 2 heterocycles. The van der Waals surface area contributed by atoms with E-state index in [1.807, 2.05) is 0 Å². The van der Waals surface area contributed by atoms with Gasteiger partial charge in [-0.05, 0) is 43.7 Å². The molecule has 0 saturated carbocycles. The van der Waals surface area contributed by atoms with Crippen molar-refractivity contribution in [3.05, 3.63) is 27.2 Å². The Morgan fingerprint density at radius 3 is 2.38 bits per heavy atom. The van der Waals surface area contributed by atoms with Crippen molar-refractivity contribution in [1.82, 2.24) is 5.32 Å². The van der Waals surface area contributed by atoms with Crippen molar-refractivity contribution in [2.75, 3.05) is 5.32 Å². The van der Waals surface area contributed by atoms with E-state index in [1.165, 1.54) is 12.8 Å². The minimum absolute atomic E-state index is 0.0124. The normalized spacial score (nSPS) is 27.7. The summed E-state index contributed by atoms with van der Waals surface area (Å²) in [5, 5.41) is 7.60. The van der Waals surface area contributed by atoms with Gasteiger partial charge in [-0.15, -0.1) is 0 Å². The summed E-state index contributed by atoms with van der Waals surface area (Å²) in [6.07, 6.45) is 5.17. The van der Waals surface area contributed by atoms with Gasteiger partial charge in [-0.3, -0.25) is 4.79 Å². The molecule has 2 unspecified atom stereocenters. The lowest BCUT2D eigenvalue weighted by Gasteiger charge is -2.28. The van der Waals surface area contributed by atoms with Crippen molar-refractivity contribution in [3.63, 3.8) is 0 Å². The van der Waals surface area contributed by atoms with Crippen molar-refractivity contribution in [2.45, 2.75) is 44.2 Å². The highest BCUT2D eigenvalue weighted by Gasteiger charge is 2.34. The molecule has 2 fully saturated rings. The molecular weight excluding hydrogens is 331 g/mol. The Morgan fingerprint density at radius 2 is 1.71 bits per heavy atom. The lowest BCUT2D eigenvalue weighted by Crippen LogP contribution is -2.39. The van der Waals surface area contributed by atoms with Crippen LogP contribution in [0.1, 0.15) is 32.1 Å². The van der Waals surface area contributed by atoms with Crippen LogP contribution in [0, 0.1) is 5.92 Å². The Bertz CT molecular complexity index is 552. The van der Waals surface area contributed by atoms with E-state index in [9.17, 15) is 4.79 Å². The monoisotopic (exact) mass is 346 g/mol. The van der Waals surface area contributed by atoms with Crippen LogP contribution in [0.3, 0.4) is 0 Å². The van der Waals surface area contributed by atoms with Gasteiger partial charge in [0.15, 0.2) is 0 Å².